The Labute approximate surface area is 168 Å². The summed E-state index contributed by atoms with van der Waals surface area (Å²) in [7, 11) is 0. The first-order valence-electron chi connectivity index (χ1n) is 9.28. The molecular weight excluding hydrogens is 372 g/mol. The molecule has 0 aliphatic heterocycles. The largest absolute Gasteiger partial charge is 0.476 e. The van der Waals surface area contributed by atoms with Crippen LogP contribution in [0.3, 0.4) is 0 Å². The zero-order valence-corrected chi connectivity index (χ0v) is 16.0. The van der Waals surface area contributed by atoms with Gasteiger partial charge in [-0.1, -0.05) is 35.5 Å². The topological polar surface area (TPSA) is 106 Å². The van der Waals surface area contributed by atoms with Crippen LogP contribution >= 0.6 is 0 Å². The molecule has 2 aromatic carbocycles. The fourth-order valence-electron chi connectivity index (χ4n) is 2.85. The molecule has 0 bridgehead atoms. The lowest BCUT2D eigenvalue weighted by Gasteiger charge is -2.09. The van der Waals surface area contributed by atoms with Gasteiger partial charge in [-0.15, -0.1) is 5.10 Å². The van der Waals surface area contributed by atoms with E-state index in [2.05, 4.69) is 15.6 Å². The first-order valence-corrected chi connectivity index (χ1v) is 9.28. The van der Waals surface area contributed by atoms with Gasteiger partial charge in [-0.25, -0.2) is 9.48 Å². The van der Waals surface area contributed by atoms with E-state index < -0.39 is 5.97 Å². The molecule has 3 rings (SSSR count). The average Bonchev–Trinajstić information content (AvgIpc) is 3.16. The molecule has 0 aliphatic carbocycles. The van der Waals surface area contributed by atoms with Crippen LogP contribution in [-0.2, 0) is 17.8 Å². The number of aromatic carboxylic acids is 1. The van der Waals surface area contributed by atoms with Crippen molar-refractivity contribution in [3.63, 3.8) is 0 Å². The van der Waals surface area contributed by atoms with Crippen molar-refractivity contribution in [1.29, 1.82) is 0 Å². The summed E-state index contributed by atoms with van der Waals surface area (Å²) in [6, 6.07) is 16.5. The normalized spacial score (nSPS) is 10.7. The van der Waals surface area contributed by atoms with Crippen LogP contribution in [0.4, 0.5) is 0 Å². The summed E-state index contributed by atoms with van der Waals surface area (Å²) in [6.45, 7) is 3.14. The average molecular weight is 394 g/mol. The molecule has 8 heteroatoms. The molecule has 0 spiro atoms. The van der Waals surface area contributed by atoms with Crippen LogP contribution in [0, 0.1) is 0 Å². The number of carbonyl (C=O) groups is 2. The monoisotopic (exact) mass is 394 g/mol. The molecular formula is C21H22N4O4. The molecule has 3 aromatic rings. The van der Waals surface area contributed by atoms with Crippen LogP contribution < -0.4 is 5.32 Å². The SMILES string of the molecule is CCNC(=O)c1ccc(-n2nnc(C(=O)O)c2CCOCc2ccccc2)cc1. The highest BCUT2D eigenvalue weighted by molar-refractivity contribution is 5.94. The Morgan fingerprint density at radius 3 is 2.48 bits per heavy atom. The van der Waals surface area contributed by atoms with Gasteiger partial charge in [0.2, 0.25) is 0 Å². The summed E-state index contributed by atoms with van der Waals surface area (Å²) in [4.78, 5) is 23.4. The molecule has 1 aromatic heterocycles. The fraction of sp³-hybridized carbons (Fsp3) is 0.238. The minimum Gasteiger partial charge on any atom is -0.476 e. The molecule has 0 radical (unpaired) electrons. The van der Waals surface area contributed by atoms with Crippen LogP contribution in [0.15, 0.2) is 54.6 Å². The third kappa shape index (κ3) is 5.05. The number of carbonyl (C=O) groups excluding carboxylic acids is 1. The predicted octanol–water partition coefficient (Wildman–Crippen LogP) is 2.47. The summed E-state index contributed by atoms with van der Waals surface area (Å²) in [6.07, 6.45) is 0.333. The van der Waals surface area contributed by atoms with E-state index in [9.17, 15) is 14.7 Å². The first kappa shape index (κ1) is 20.2. The van der Waals surface area contributed by atoms with E-state index in [4.69, 9.17) is 4.74 Å². The van der Waals surface area contributed by atoms with Gasteiger partial charge in [0.15, 0.2) is 5.69 Å². The van der Waals surface area contributed by atoms with Gasteiger partial charge in [0.25, 0.3) is 5.91 Å². The summed E-state index contributed by atoms with van der Waals surface area (Å²) in [5.74, 6) is -1.31. The van der Waals surface area contributed by atoms with E-state index >= 15 is 0 Å². The number of benzene rings is 2. The standard InChI is InChI=1S/C21H22N4O4/c1-2-22-20(26)16-8-10-17(11-9-16)25-18(19(21(27)28)23-24-25)12-13-29-14-15-6-4-3-5-7-15/h3-11H,2,12-14H2,1H3,(H,22,26)(H,27,28). The summed E-state index contributed by atoms with van der Waals surface area (Å²) >= 11 is 0. The molecule has 0 unspecified atom stereocenters. The summed E-state index contributed by atoms with van der Waals surface area (Å²) in [5.41, 5.74) is 2.51. The van der Waals surface area contributed by atoms with Gasteiger partial charge in [0.05, 0.1) is 24.6 Å². The minimum absolute atomic E-state index is 0.110. The molecule has 1 heterocycles. The minimum atomic E-state index is -1.15. The Kier molecular flexibility index (Phi) is 6.70. The van der Waals surface area contributed by atoms with Gasteiger partial charge in [-0.2, -0.15) is 0 Å². The third-order valence-electron chi connectivity index (χ3n) is 4.27. The van der Waals surface area contributed by atoms with Crippen molar-refractivity contribution < 1.29 is 19.4 Å². The van der Waals surface area contributed by atoms with E-state index in [1.165, 1.54) is 4.68 Å². The number of carboxylic acids is 1. The fourth-order valence-corrected chi connectivity index (χ4v) is 2.85. The van der Waals surface area contributed by atoms with Gasteiger partial charge in [-0.05, 0) is 36.8 Å². The van der Waals surface area contributed by atoms with Crippen molar-refractivity contribution in [2.45, 2.75) is 20.0 Å². The van der Waals surface area contributed by atoms with Gasteiger partial charge in [-0.3, -0.25) is 4.79 Å². The molecule has 0 saturated heterocycles. The first-order chi connectivity index (χ1) is 14.1. The predicted molar refractivity (Wildman–Crippen MR) is 106 cm³/mol. The molecule has 0 atom stereocenters. The van der Waals surface area contributed by atoms with Crippen molar-refractivity contribution >= 4 is 11.9 Å². The summed E-state index contributed by atoms with van der Waals surface area (Å²) in [5, 5.41) is 19.9. The molecule has 2 N–H and O–H groups in total. The molecule has 0 aliphatic rings. The molecule has 1 amide bonds. The van der Waals surface area contributed by atoms with Crippen molar-refractivity contribution in [2.75, 3.05) is 13.2 Å². The van der Waals surface area contributed by atoms with E-state index in [1.807, 2.05) is 37.3 Å². The number of nitrogens with one attached hydrogen (secondary N) is 1. The number of hydrogen-bond acceptors (Lipinski definition) is 5. The number of carboxylic acid groups (broad SMARTS) is 1. The molecule has 8 nitrogen and oxygen atoms in total. The Bertz CT molecular complexity index is 968. The second-order valence-electron chi connectivity index (χ2n) is 6.30. The van der Waals surface area contributed by atoms with Crippen molar-refractivity contribution in [3.05, 3.63) is 77.1 Å². The van der Waals surface area contributed by atoms with Crippen LogP contribution in [0.25, 0.3) is 5.69 Å². The lowest BCUT2D eigenvalue weighted by Crippen LogP contribution is -2.22. The number of amides is 1. The lowest BCUT2D eigenvalue weighted by molar-refractivity contribution is 0.0687. The van der Waals surface area contributed by atoms with Crippen LogP contribution in [0.5, 0.6) is 0 Å². The molecule has 0 fully saturated rings. The van der Waals surface area contributed by atoms with Crippen LogP contribution in [0.1, 0.15) is 39.0 Å². The number of rotatable bonds is 9. The van der Waals surface area contributed by atoms with E-state index in [1.54, 1.807) is 24.3 Å². The maximum Gasteiger partial charge on any atom is 0.358 e. The van der Waals surface area contributed by atoms with Gasteiger partial charge in [0.1, 0.15) is 0 Å². The Hall–Kier alpha value is -3.52. The van der Waals surface area contributed by atoms with Crippen LogP contribution in [0.2, 0.25) is 0 Å². The number of hydrogen-bond donors (Lipinski definition) is 2. The maximum absolute atomic E-state index is 11.9. The van der Waals surface area contributed by atoms with Crippen LogP contribution in [-0.4, -0.2) is 45.1 Å². The Morgan fingerprint density at radius 1 is 1.10 bits per heavy atom. The molecule has 150 valence electrons. The van der Waals surface area contributed by atoms with E-state index in [0.29, 0.717) is 43.1 Å². The lowest BCUT2D eigenvalue weighted by atomic mass is 10.2. The quantitative estimate of drug-likeness (QED) is 0.540. The van der Waals surface area contributed by atoms with Gasteiger partial charge in [0, 0.05) is 18.5 Å². The highest BCUT2D eigenvalue weighted by atomic mass is 16.5. The van der Waals surface area contributed by atoms with E-state index in [-0.39, 0.29) is 11.6 Å². The zero-order chi connectivity index (χ0) is 20.6. The Balaban J connectivity index is 1.74. The van der Waals surface area contributed by atoms with Gasteiger partial charge < -0.3 is 15.2 Å². The Morgan fingerprint density at radius 2 is 1.83 bits per heavy atom. The maximum atomic E-state index is 11.9. The van der Waals surface area contributed by atoms with Crippen molar-refractivity contribution in [1.82, 2.24) is 20.3 Å². The second-order valence-corrected chi connectivity index (χ2v) is 6.30. The van der Waals surface area contributed by atoms with E-state index in [0.717, 1.165) is 5.56 Å². The zero-order valence-electron chi connectivity index (χ0n) is 16.0. The molecule has 0 saturated carbocycles. The highest BCUT2D eigenvalue weighted by Gasteiger charge is 2.20. The number of ether oxygens (including phenoxy) is 1. The second kappa shape index (κ2) is 9.61. The van der Waals surface area contributed by atoms with Crippen molar-refractivity contribution in [2.24, 2.45) is 0 Å². The summed E-state index contributed by atoms with van der Waals surface area (Å²) < 4.78 is 7.15. The highest BCUT2D eigenvalue weighted by Crippen LogP contribution is 2.16. The molecule has 29 heavy (non-hydrogen) atoms. The smallest absolute Gasteiger partial charge is 0.358 e. The number of nitrogens with zero attached hydrogens (tertiary/aromatic N) is 3. The van der Waals surface area contributed by atoms with Crippen molar-refractivity contribution in [3.8, 4) is 5.69 Å². The van der Waals surface area contributed by atoms with Gasteiger partial charge >= 0.3 is 5.97 Å². The number of aromatic nitrogens is 3. The third-order valence-corrected chi connectivity index (χ3v) is 4.27.